The molecule has 10 heteroatoms. The van der Waals surface area contributed by atoms with Crippen LogP contribution in [0, 0.1) is 5.82 Å². The van der Waals surface area contributed by atoms with E-state index in [9.17, 15) is 8.42 Å². The van der Waals surface area contributed by atoms with Crippen molar-refractivity contribution < 1.29 is 12.8 Å². The predicted molar refractivity (Wildman–Crippen MR) is 140 cm³/mol. The van der Waals surface area contributed by atoms with Crippen molar-refractivity contribution in [2.75, 3.05) is 24.5 Å². The van der Waals surface area contributed by atoms with E-state index in [1.807, 2.05) is 24.3 Å². The molecule has 0 bridgehead atoms. The van der Waals surface area contributed by atoms with Crippen LogP contribution >= 0.6 is 0 Å². The lowest BCUT2D eigenvalue weighted by molar-refractivity contribution is 0.320. The summed E-state index contributed by atoms with van der Waals surface area (Å²) in [7, 11) is -3.60. The number of sulfonamides is 1. The molecule has 4 heterocycles. The predicted octanol–water partition coefficient (Wildman–Crippen LogP) is 3.51. The number of halogens is 1. The Morgan fingerprint density at radius 1 is 0.973 bits per heavy atom. The number of fused-ring (bicyclic) bond motifs is 2. The normalized spacial score (nSPS) is 17.2. The van der Waals surface area contributed by atoms with Crippen LogP contribution in [0.5, 0.6) is 0 Å². The monoisotopic (exact) mass is 518 g/mol. The van der Waals surface area contributed by atoms with Gasteiger partial charge in [0.1, 0.15) is 23.5 Å². The van der Waals surface area contributed by atoms with E-state index >= 15 is 4.39 Å². The van der Waals surface area contributed by atoms with Crippen LogP contribution in [0.2, 0.25) is 0 Å². The Labute approximate surface area is 215 Å². The van der Waals surface area contributed by atoms with Gasteiger partial charge >= 0.3 is 0 Å². The van der Waals surface area contributed by atoms with Crippen molar-refractivity contribution in [3.8, 4) is 11.1 Å². The summed E-state index contributed by atoms with van der Waals surface area (Å²) in [6.07, 6.45) is 6.80. The van der Waals surface area contributed by atoms with Crippen LogP contribution in [0.4, 0.5) is 10.2 Å². The molecule has 0 aliphatic carbocycles. The van der Waals surface area contributed by atoms with Crippen LogP contribution < -0.4 is 10.6 Å². The van der Waals surface area contributed by atoms with Crippen LogP contribution in [0.15, 0.2) is 66.1 Å². The summed E-state index contributed by atoms with van der Waals surface area (Å²) in [6, 6.07) is 12.5. The van der Waals surface area contributed by atoms with Crippen molar-refractivity contribution >= 4 is 26.7 Å². The number of benzene rings is 2. The smallest absolute Gasteiger partial charge is 0.243 e. The Hall–Kier alpha value is -3.47. The van der Waals surface area contributed by atoms with E-state index in [4.69, 9.17) is 5.73 Å². The maximum absolute atomic E-state index is 15.1. The number of aromatic nitrogens is 3. The molecule has 0 atom stereocenters. The molecule has 190 valence electrons. The Morgan fingerprint density at radius 2 is 1.81 bits per heavy atom. The first kappa shape index (κ1) is 23.9. The van der Waals surface area contributed by atoms with Gasteiger partial charge in [0.05, 0.1) is 4.90 Å². The van der Waals surface area contributed by atoms with Gasteiger partial charge < -0.3 is 10.6 Å². The number of rotatable bonds is 4. The highest BCUT2D eigenvalue weighted by atomic mass is 32.2. The Morgan fingerprint density at radius 3 is 2.59 bits per heavy atom. The zero-order valence-corrected chi connectivity index (χ0v) is 21.0. The third-order valence-electron chi connectivity index (χ3n) is 7.29. The molecule has 37 heavy (non-hydrogen) atoms. The van der Waals surface area contributed by atoms with Gasteiger partial charge in [-0.15, -0.1) is 0 Å². The molecule has 2 aliphatic rings. The summed E-state index contributed by atoms with van der Waals surface area (Å²) >= 11 is 0. The van der Waals surface area contributed by atoms with Gasteiger partial charge in [-0.1, -0.05) is 12.1 Å². The van der Waals surface area contributed by atoms with Gasteiger partial charge in [0.25, 0.3) is 0 Å². The van der Waals surface area contributed by atoms with Crippen molar-refractivity contribution in [3.05, 3.63) is 78.1 Å². The van der Waals surface area contributed by atoms with E-state index in [-0.39, 0.29) is 11.6 Å². The van der Waals surface area contributed by atoms with E-state index in [2.05, 4.69) is 19.9 Å². The zero-order valence-electron chi connectivity index (χ0n) is 20.2. The molecule has 0 radical (unpaired) electrons. The quantitative estimate of drug-likeness (QED) is 0.441. The third-order valence-corrected chi connectivity index (χ3v) is 9.19. The highest BCUT2D eigenvalue weighted by Gasteiger charge is 2.30. The number of nitrogens with two attached hydrogens (primary N) is 1. The molecular weight excluding hydrogens is 491 g/mol. The van der Waals surface area contributed by atoms with Gasteiger partial charge in [-0.2, -0.15) is 4.31 Å². The van der Waals surface area contributed by atoms with E-state index in [0.717, 1.165) is 23.1 Å². The lowest BCUT2D eigenvalue weighted by atomic mass is 9.99. The second-order valence-corrected chi connectivity index (χ2v) is 11.6. The first-order valence-corrected chi connectivity index (χ1v) is 13.8. The standard InChI is InChI=1S/C27H27FN6O2S/c28-25-14-20(19-2-1-8-30-15-19)13-24-26(25)31-17-32-27(24)33-9-5-18-3-4-23(12-21(18)16-33)37(35,36)34-10-6-22(29)7-11-34/h1-4,8,12-15,17,22H,5-7,9-11,16,29H2. The number of hydrogen-bond acceptors (Lipinski definition) is 7. The number of pyridine rings is 1. The Bertz CT molecular complexity index is 1570. The van der Waals surface area contributed by atoms with Crippen LogP contribution in [0.1, 0.15) is 24.0 Å². The summed E-state index contributed by atoms with van der Waals surface area (Å²) in [5.74, 6) is 0.200. The van der Waals surface area contributed by atoms with Gasteiger partial charge in [-0.05, 0) is 66.3 Å². The van der Waals surface area contributed by atoms with Crippen LogP contribution in [-0.4, -0.2) is 53.4 Å². The number of hydrogen-bond donors (Lipinski definition) is 1. The summed E-state index contributed by atoms with van der Waals surface area (Å²) in [4.78, 5) is 15.2. The minimum atomic E-state index is -3.60. The lowest BCUT2D eigenvalue weighted by Crippen LogP contribution is -2.42. The molecule has 0 unspecified atom stereocenters. The van der Waals surface area contributed by atoms with E-state index in [1.165, 1.54) is 16.7 Å². The summed E-state index contributed by atoms with van der Waals surface area (Å²) in [6.45, 7) is 2.01. The second kappa shape index (κ2) is 9.44. The molecule has 1 saturated heterocycles. The summed E-state index contributed by atoms with van der Waals surface area (Å²) in [5, 5.41) is 0.609. The van der Waals surface area contributed by atoms with Gasteiger partial charge in [0.15, 0.2) is 0 Å². The fourth-order valence-corrected chi connectivity index (χ4v) is 6.72. The van der Waals surface area contributed by atoms with Crippen molar-refractivity contribution in [2.24, 2.45) is 5.73 Å². The van der Waals surface area contributed by atoms with Gasteiger partial charge in [0, 0.05) is 55.6 Å². The summed E-state index contributed by atoms with van der Waals surface area (Å²) < 4.78 is 43.3. The third kappa shape index (κ3) is 4.45. The Kier molecular flexibility index (Phi) is 6.10. The molecule has 2 aromatic carbocycles. The van der Waals surface area contributed by atoms with Crippen molar-refractivity contribution in [1.29, 1.82) is 0 Å². The number of anilines is 1. The van der Waals surface area contributed by atoms with Crippen molar-refractivity contribution in [2.45, 2.75) is 36.7 Å². The second-order valence-electron chi connectivity index (χ2n) is 9.64. The topological polar surface area (TPSA) is 105 Å². The number of piperidine rings is 1. The minimum absolute atomic E-state index is 0.0507. The van der Waals surface area contributed by atoms with Crippen LogP contribution in [-0.2, 0) is 23.0 Å². The highest BCUT2D eigenvalue weighted by Crippen LogP contribution is 2.33. The molecule has 2 aromatic heterocycles. The number of nitrogens with zero attached hydrogens (tertiary/aromatic N) is 5. The molecule has 2 aliphatic heterocycles. The van der Waals surface area contributed by atoms with E-state index < -0.39 is 15.8 Å². The molecule has 0 spiro atoms. The maximum atomic E-state index is 15.1. The van der Waals surface area contributed by atoms with E-state index in [0.29, 0.717) is 60.7 Å². The highest BCUT2D eigenvalue weighted by molar-refractivity contribution is 7.89. The molecule has 4 aromatic rings. The first-order chi connectivity index (χ1) is 17.9. The van der Waals surface area contributed by atoms with E-state index in [1.54, 1.807) is 24.5 Å². The van der Waals surface area contributed by atoms with Crippen LogP contribution in [0.3, 0.4) is 0 Å². The average molecular weight is 519 g/mol. The minimum Gasteiger partial charge on any atom is -0.351 e. The molecule has 8 nitrogen and oxygen atoms in total. The van der Waals surface area contributed by atoms with Gasteiger partial charge in [0.2, 0.25) is 10.0 Å². The first-order valence-electron chi connectivity index (χ1n) is 12.4. The zero-order chi connectivity index (χ0) is 25.6. The molecular formula is C27H27FN6O2S. The lowest BCUT2D eigenvalue weighted by Gasteiger charge is -2.32. The Balaban J connectivity index is 1.35. The molecule has 2 N–H and O–H groups in total. The molecule has 0 saturated carbocycles. The maximum Gasteiger partial charge on any atom is 0.243 e. The molecule has 0 amide bonds. The average Bonchev–Trinajstić information content (AvgIpc) is 2.93. The fourth-order valence-electron chi connectivity index (χ4n) is 5.20. The van der Waals surface area contributed by atoms with Crippen molar-refractivity contribution in [1.82, 2.24) is 19.3 Å². The molecule has 1 fully saturated rings. The van der Waals surface area contributed by atoms with Gasteiger partial charge in [-0.25, -0.2) is 22.8 Å². The fraction of sp³-hybridized carbons (Fsp3) is 0.296. The van der Waals surface area contributed by atoms with Crippen LogP contribution in [0.25, 0.3) is 22.0 Å². The largest absolute Gasteiger partial charge is 0.351 e. The molecule has 6 rings (SSSR count). The SMILES string of the molecule is NC1CCN(S(=O)(=O)c2ccc3c(c2)CN(c2ncnc4c(F)cc(-c5cccnc5)cc24)CC3)CC1. The van der Waals surface area contributed by atoms with Crippen molar-refractivity contribution in [3.63, 3.8) is 0 Å². The summed E-state index contributed by atoms with van der Waals surface area (Å²) in [5.41, 5.74) is 9.75. The van der Waals surface area contributed by atoms with Gasteiger partial charge in [-0.3, -0.25) is 4.98 Å².